The van der Waals surface area contributed by atoms with Crippen molar-refractivity contribution in [3.8, 4) is 0 Å². The highest BCUT2D eigenvalue weighted by molar-refractivity contribution is 7.89. The van der Waals surface area contributed by atoms with E-state index in [0.29, 0.717) is 31.1 Å². The second-order valence-corrected chi connectivity index (χ2v) is 7.19. The standard InChI is InChI=1S/C14H19N3O2S/c1-11-10-16(2)14-4-3-12(9-13(11)14)20(18,19)17-7-5-15-6-8-17/h3-4,9-10,15H,5-8H2,1-2H3. The van der Waals surface area contributed by atoms with Gasteiger partial charge in [-0.05, 0) is 30.7 Å². The van der Waals surface area contributed by atoms with Crippen molar-refractivity contribution in [1.82, 2.24) is 14.2 Å². The monoisotopic (exact) mass is 293 g/mol. The van der Waals surface area contributed by atoms with Gasteiger partial charge in [0.25, 0.3) is 0 Å². The van der Waals surface area contributed by atoms with E-state index >= 15 is 0 Å². The Morgan fingerprint density at radius 2 is 1.90 bits per heavy atom. The summed E-state index contributed by atoms with van der Waals surface area (Å²) in [5, 5.41) is 4.17. The third kappa shape index (κ3) is 2.13. The van der Waals surface area contributed by atoms with Gasteiger partial charge in [0.2, 0.25) is 10.0 Å². The van der Waals surface area contributed by atoms with Gasteiger partial charge in [0.15, 0.2) is 0 Å². The Labute approximate surface area is 119 Å². The van der Waals surface area contributed by atoms with Crippen molar-refractivity contribution in [2.24, 2.45) is 7.05 Å². The molecule has 1 aromatic carbocycles. The number of hydrogen-bond acceptors (Lipinski definition) is 3. The fourth-order valence-corrected chi connectivity index (χ4v) is 4.23. The molecule has 2 aromatic rings. The summed E-state index contributed by atoms with van der Waals surface area (Å²) in [7, 11) is -1.40. The Kier molecular flexibility index (Phi) is 3.32. The summed E-state index contributed by atoms with van der Waals surface area (Å²) in [6.45, 7) is 4.50. The van der Waals surface area contributed by atoms with Crippen molar-refractivity contribution in [3.63, 3.8) is 0 Å². The van der Waals surface area contributed by atoms with Crippen LogP contribution in [-0.4, -0.2) is 43.5 Å². The van der Waals surface area contributed by atoms with Gasteiger partial charge in [0, 0.05) is 50.3 Å². The molecule has 0 radical (unpaired) electrons. The smallest absolute Gasteiger partial charge is 0.243 e. The molecule has 0 saturated carbocycles. The molecule has 1 aromatic heterocycles. The maximum atomic E-state index is 12.6. The van der Waals surface area contributed by atoms with Crippen molar-refractivity contribution >= 4 is 20.9 Å². The highest BCUT2D eigenvalue weighted by atomic mass is 32.2. The van der Waals surface area contributed by atoms with Crippen LogP contribution >= 0.6 is 0 Å². The first-order valence-electron chi connectivity index (χ1n) is 6.77. The van der Waals surface area contributed by atoms with Crippen LogP contribution in [0, 0.1) is 6.92 Å². The maximum Gasteiger partial charge on any atom is 0.243 e. The van der Waals surface area contributed by atoms with E-state index in [1.54, 1.807) is 16.4 Å². The molecule has 3 rings (SSSR count). The molecule has 0 atom stereocenters. The van der Waals surface area contributed by atoms with E-state index in [0.717, 1.165) is 16.5 Å². The average molecular weight is 293 g/mol. The summed E-state index contributed by atoms with van der Waals surface area (Å²) in [6.07, 6.45) is 2.02. The molecule has 0 bridgehead atoms. The molecule has 0 aliphatic carbocycles. The SMILES string of the molecule is Cc1cn(C)c2ccc(S(=O)(=O)N3CCNCC3)cc12. The number of fused-ring (bicyclic) bond motifs is 1. The molecule has 1 N–H and O–H groups in total. The van der Waals surface area contributed by atoms with Crippen LogP contribution in [0.2, 0.25) is 0 Å². The molecule has 1 aliphatic heterocycles. The van der Waals surface area contributed by atoms with Crippen LogP contribution in [0.15, 0.2) is 29.3 Å². The lowest BCUT2D eigenvalue weighted by molar-refractivity contribution is 0.360. The topological polar surface area (TPSA) is 54.3 Å². The zero-order valence-corrected chi connectivity index (χ0v) is 12.6. The Morgan fingerprint density at radius 3 is 2.60 bits per heavy atom. The van der Waals surface area contributed by atoms with Gasteiger partial charge in [-0.2, -0.15) is 4.31 Å². The van der Waals surface area contributed by atoms with Gasteiger partial charge in [-0.3, -0.25) is 0 Å². The number of aromatic nitrogens is 1. The van der Waals surface area contributed by atoms with E-state index in [1.807, 2.05) is 30.8 Å². The first kappa shape index (κ1) is 13.6. The minimum Gasteiger partial charge on any atom is -0.350 e. The molecule has 5 nitrogen and oxygen atoms in total. The summed E-state index contributed by atoms with van der Waals surface area (Å²) in [4.78, 5) is 0.390. The molecule has 6 heteroatoms. The molecule has 1 aliphatic rings. The number of rotatable bonds is 2. The minimum absolute atomic E-state index is 0.390. The number of hydrogen-bond donors (Lipinski definition) is 1. The maximum absolute atomic E-state index is 12.6. The van der Waals surface area contributed by atoms with Crippen molar-refractivity contribution in [2.45, 2.75) is 11.8 Å². The summed E-state index contributed by atoms with van der Waals surface area (Å²) >= 11 is 0. The van der Waals surface area contributed by atoms with Gasteiger partial charge in [-0.1, -0.05) is 0 Å². The number of benzene rings is 1. The van der Waals surface area contributed by atoms with Gasteiger partial charge >= 0.3 is 0 Å². The number of piperazine rings is 1. The average Bonchev–Trinajstić information content (AvgIpc) is 2.75. The molecular weight excluding hydrogens is 274 g/mol. The number of nitrogens with one attached hydrogen (secondary N) is 1. The summed E-state index contributed by atoms with van der Waals surface area (Å²) < 4.78 is 28.9. The largest absolute Gasteiger partial charge is 0.350 e. The van der Waals surface area contributed by atoms with Crippen molar-refractivity contribution in [2.75, 3.05) is 26.2 Å². The van der Waals surface area contributed by atoms with Crippen molar-refractivity contribution in [1.29, 1.82) is 0 Å². The Morgan fingerprint density at radius 1 is 1.20 bits per heavy atom. The molecule has 0 spiro atoms. The van der Waals surface area contributed by atoms with E-state index in [4.69, 9.17) is 0 Å². The second-order valence-electron chi connectivity index (χ2n) is 5.26. The van der Waals surface area contributed by atoms with Crippen LogP contribution in [-0.2, 0) is 17.1 Å². The first-order chi connectivity index (χ1) is 9.50. The molecular formula is C14H19N3O2S. The quantitative estimate of drug-likeness (QED) is 0.901. The molecule has 108 valence electrons. The molecule has 1 saturated heterocycles. The normalized spacial score (nSPS) is 17.7. The Hall–Kier alpha value is -1.37. The number of aryl methyl sites for hydroxylation is 2. The van der Waals surface area contributed by atoms with E-state index in [9.17, 15) is 8.42 Å². The zero-order valence-electron chi connectivity index (χ0n) is 11.8. The number of nitrogens with zero attached hydrogens (tertiary/aromatic N) is 2. The summed E-state index contributed by atoms with van der Waals surface area (Å²) in [5.41, 5.74) is 2.15. The highest BCUT2D eigenvalue weighted by Crippen LogP contribution is 2.25. The fourth-order valence-electron chi connectivity index (χ4n) is 2.76. The fraction of sp³-hybridized carbons (Fsp3) is 0.429. The summed E-state index contributed by atoms with van der Waals surface area (Å²) in [5.74, 6) is 0. The minimum atomic E-state index is -3.38. The summed E-state index contributed by atoms with van der Waals surface area (Å²) in [6, 6.07) is 5.39. The van der Waals surface area contributed by atoms with E-state index < -0.39 is 10.0 Å². The Balaban J connectivity index is 2.07. The van der Waals surface area contributed by atoms with Gasteiger partial charge < -0.3 is 9.88 Å². The molecule has 0 unspecified atom stereocenters. The van der Waals surface area contributed by atoms with Crippen molar-refractivity contribution < 1.29 is 8.42 Å². The van der Waals surface area contributed by atoms with Crippen LogP contribution in [0.25, 0.3) is 10.9 Å². The van der Waals surface area contributed by atoms with E-state index in [2.05, 4.69) is 5.32 Å². The molecule has 2 heterocycles. The lowest BCUT2D eigenvalue weighted by Crippen LogP contribution is -2.46. The molecule has 1 fully saturated rings. The predicted octanol–water partition coefficient (Wildman–Crippen LogP) is 1.08. The van der Waals surface area contributed by atoms with Gasteiger partial charge in [-0.25, -0.2) is 8.42 Å². The lowest BCUT2D eigenvalue weighted by Gasteiger charge is -2.26. The van der Waals surface area contributed by atoms with Crippen LogP contribution in [0.5, 0.6) is 0 Å². The second kappa shape index (κ2) is 4.87. The van der Waals surface area contributed by atoms with Crippen LogP contribution < -0.4 is 5.32 Å². The highest BCUT2D eigenvalue weighted by Gasteiger charge is 2.26. The van der Waals surface area contributed by atoms with Gasteiger partial charge in [0.1, 0.15) is 0 Å². The van der Waals surface area contributed by atoms with E-state index in [1.165, 1.54) is 0 Å². The van der Waals surface area contributed by atoms with Crippen molar-refractivity contribution in [3.05, 3.63) is 30.0 Å². The third-order valence-corrected chi connectivity index (χ3v) is 5.77. The van der Waals surface area contributed by atoms with Crippen LogP contribution in [0.1, 0.15) is 5.56 Å². The molecule has 20 heavy (non-hydrogen) atoms. The van der Waals surface area contributed by atoms with Crippen LogP contribution in [0.4, 0.5) is 0 Å². The van der Waals surface area contributed by atoms with E-state index in [-0.39, 0.29) is 0 Å². The number of sulfonamides is 1. The van der Waals surface area contributed by atoms with Crippen LogP contribution in [0.3, 0.4) is 0 Å². The van der Waals surface area contributed by atoms with Gasteiger partial charge in [0.05, 0.1) is 4.90 Å². The Bertz CT molecular complexity index is 743. The third-order valence-electron chi connectivity index (χ3n) is 3.87. The lowest BCUT2D eigenvalue weighted by atomic mass is 10.2. The zero-order chi connectivity index (χ0) is 14.3. The first-order valence-corrected chi connectivity index (χ1v) is 8.21. The predicted molar refractivity (Wildman–Crippen MR) is 79.3 cm³/mol. The molecule has 0 amide bonds. The van der Waals surface area contributed by atoms with Gasteiger partial charge in [-0.15, -0.1) is 0 Å².